The zero-order chi connectivity index (χ0) is 14.2. The number of hydrogen-bond donors (Lipinski definition) is 2. The molecule has 108 valence electrons. The highest BCUT2D eigenvalue weighted by Crippen LogP contribution is 2.36. The second-order valence-electron chi connectivity index (χ2n) is 5.65. The van der Waals surface area contributed by atoms with E-state index >= 15 is 0 Å². The minimum absolute atomic E-state index is 0.0991. The Morgan fingerprint density at radius 1 is 1.35 bits per heavy atom. The lowest BCUT2D eigenvalue weighted by Gasteiger charge is -2.23. The number of nitrogens with one attached hydrogen (secondary N) is 2. The first kappa shape index (κ1) is 14.0. The molecule has 1 atom stereocenters. The molecule has 2 saturated heterocycles. The van der Waals surface area contributed by atoms with Crippen LogP contribution in [0.5, 0.6) is 0 Å². The number of anilines is 1. The van der Waals surface area contributed by atoms with E-state index in [1.165, 1.54) is 0 Å². The summed E-state index contributed by atoms with van der Waals surface area (Å²) in [7, 11) is 0. The van der Waals surface area contributed by atoms with E-state index in [-0.39, 0.29) is 11.4 Å². The van der Waals surface area contributed by atoms with Gasteiger partial charge in [-0.2, -0.15) is 0 Å². The predicted octanol–water partition coefficient (Wildman–Crippen LogP) is 3.21. The first-order valence-electron chi connectivity index (χ1n) is 6.80. The monoisotopic (exact) mass is 313 g/mol. The summed E-state index contributed by atoms with van der Waals surface area (Å²) in [5.74, 6) is 0. The third kappa shape index (κ3) is 2.73. The Hall–Kier alpha value is -0.970. The molecule has 2 amide bonds. The third-order valence-corrected chi connectivity index (χ3v) is 4.79. The Balaban J connectivity index is 1.66. The summed E-state index contributed by atoms with van der Waals surface area (Å²) in [5.41, 5.74) is 0.838. The van der Waals surface area contributed by atoms with Crippen molar-refractivity contribution < 1.29 is 4.79 Å². The smallest absolute Gasteiger partial charge is 0.321 e. The molecule has 1 aromatic carbocycles. The number of halogens is 2. The van der Waals surface area contributed by atoms with Crippen molar-refractivity contribution in [3.8, 4) is 0 Å². The summed E-state index contributed by atoms with van der Waals surface area (Å²) in [6, 6.07) is 4.96. The molecule has 2 aliphatic heterocycles. The van der Waals surface area contributed by atoms with Crippen LogP contribution in [0.1, 0.15) is 12.8 Å². The van der Waals surface area contributed by atoms with Crippen LogP contribution in [-0.2, 0) is 0 Å². The molecule has 2 aliphatic rings. The van der Waals surface area contributed by atoms with Gasteiger partial charge in [-0.25, -0.2) is 4.79 Å². The van der Waals surface area contributed by atoms with Gasteiger partial charge in [0.1, 0.15) is 0 Å². The highest BCUT2D eigenvalue weighted by Gasteiger charge is 2.41. The van der Waals surface area contributed by atoms with Crippen LogP contribution < -0.4 is 10.6 Å². The molecule has 3 rings (SSSR count). The fourth-order valence-electron chi connectivity index (χ4n) is 3.04. The summed E-state index contributed by atoms with van der Waals surface area (Å²) < 4.78 is 0. The third-order valence-electron chi connectivity index (χ3n) is 4.23. The van der Waals surface area contributed by atoms with E-state index < -0.39 is 0 Å². The lowest BCUT2D eigenvalue weighted by molar-refractivity contribution is 0.215. The number of amides is 2. The highest BCUT2D eigenvalue weighted by atomic mass is 35.5. The Morgan fingerprint density at radius 3 is 2.95 bits per heavy atom. The normalized spacial score (nSPS) is 25.4. The van der Waals surface area contributed by atoms with Crippen LogP contribution in [0.4, 0.5) is 10.5 Å². The molecule has 0 radical (unpaired) electrons. The summed E-state index contributed by atoms with van der Waals surface area (Å²) in [4.78, 5) is 14.2. The molecule has 0 aliphatic carbocycles. The van der Waals surface area contributed by atoms with E-state index in [1.807, 2.05) is 4.90 Å². The number of carbonyl (C=O) groups excluding carboxylic acids is 1. The van der Waals surface area contributed by atoms with Crippen LogP contribution in [0, 0.1) is 5.41 Å². The SMILES string of the molecule is O=C(Nc1cc(Cl)ccc1Cl)N1CCC2(CCNC2)C1. The first-order valence-corrected chi connectivity index (χ1v) is 7.55. The Labute approximate surface area is 128 Å². The molecule has 0 saturated carbocycles. The first-order chi connectivity index (χ1) is 9.58. The topological polar surface area (TPSA) is 44.4 Å². The lowest BCUT2D eigenvalue weighted by atomic mass is 9.87. The Kier molecular flexibility index (Phi) is 3.80. The fraction of sp³-hybridized carbons (Fsp3) is 0.500. The summed E-state index contributed by atoms with van der Waals surface area (Å²) in [6.45, 7) is 3.67. The van der Waals surface area contributed by atoms with Crippen molar-refractivity contribution in [2.75, 3.05) is 31.5 Å². The molecule has 2 N–H and O–H groups in total. The maximum Gasteiger partial charge on any atom is 0.321 e. The number of carbonyl (C=O) groups is 1. The molecule has 2 heterocycles. The van der Waals surface area contributed by atoms with Crippen molar-refractivity contribution >= 4 is 34.9 Å². The van der Waals surface area contributed by atoms with Gasteiger partial charge in [0.25, 0.3) is 0 Å². The van der Waals surface area contributed by atoms with Crippen molar-refractivity contribution in [1.82, 2.24) is 10.2 Å². The average Bonchev–Trinajstić information content (AvgIpc) is 3.05. The molecule has 0 aromatic heterocycles. The van der Waals surface area contributed by atoms with Crippen LogP contribution in [0.25, 0.3) is 0 Å². The van der Waals surface area contributed by atoms with Crippen LogP contribution in [0.2, 0.25) is 10.0 Å². The average molecular weight is 314 g/mol. The van der Waals surface area contributed by atoms with Crippen molar-refractivity contribution in [2.24, 2.45) is 5.41 Å². The number of benzene rings is 1. The van der Waals surface area contributed by atoms with Crippen molar-refractivity contribution in [3.63, 3.8) is 0 Å². The van der Waals surface area contributed by atoms with Crippen molar-refractivity contribution in [2.45, 2.75) is 12.8 Å². The van der Waals surface area contributed by atoms with Crippen LogP contribution in [0.3, 0.4) is 0 Å². The number of hydrogen-bond acceptors (Lipinski definition) is 2. The van der Waals surface area contributed by atoms with E-state index in [0.29, 0.717) is 15.7 Å². The summed E-state index contributed by atoms with van der Waals surface area (Å²) >= 11 is 12.0. The van der Waals surface area contributed by atoms with Gasteiger partial charge >= 0.3 is 6.03 Å². The quantitative estimate of drug-likeness (QED) is 0.836. The van der Waals surface area contributed by atoms with Crippen LogP contribution in [-0.4, -0.2) is 37.1 Å². The zero-order valence-electron chi connectivity index (χ0n) is 11.1. The lowest BCUT2D eigenvalue weighted by Crippen LogP contribution is -2.36. The Morgan fingerprint density at radius 2 is 2.20 bits per heavy atom. The highest BCUT2D eigenvalue weighted by molar-refractivity contribution is 6.35. The minimum atomic E-state index is -0.0991. The molecule has 4 nitrogen and oxygen atoms in total. The van der Waals surface area contributed by atoms with Gasteiger partial charge in [-0.15, -0.1) is 0 Å². The largest absolute Gasteiger partial charge is 0.324 e. The van der Waals surface area contributed by atoms with E-state index in [9.17, 15) is 4.79 Å². The van der Waals surface area contributed by atoms with Crippen molar-refractivity contribution in [1.29, 1.82) is 0 Å². The number of rotatable bonds is 1. The number of nitrogens with zero attached hydrogens (tertiary/aromatic N) is 1. The van der Waals surface area contributed by atoms with Crippen molar-refractivity contribution in [3.05, 3.63) is 28.2 Å². The molecule has 20 heavy (non-hydrogen) atoms. The second kappa shape index (κ2) is 5.43. The van der Waals surface area contributed by atoms with Gasteiger partial charge < -0.3 is 15.5 Å². The molecular formula is C14H17Cl2N3O. The molecule has 6 heteroatoms. The van der Waals surface area contributed by atoms with E-state index in [0.717, 1.165) is 39.0 Å². The standard InChI is InChI=1S/C14H17Cl2N3O/c15-10-1-2-11(16)12(7-10)18-13(20)19-6-4-14(9-19)3-5-17-8-14/h1-2,7,17H,3-6,8-9H2,(H,18,20). The van der Waals surface area contributed by atoms with E-state index in [4.69, 9.17) is 23.2 Å². The van der Waals surface area contributed by atoms with Gasteiger partial charge in [0.05, 0.1) is 10.7 Å². The van der Waals surface area contributed by atoms with Gasteiger partial charge in [0, 0.05) is 30.1 Å². The molecule has 1 spiro atoms. The van der Waals surface area contributed by atoms with E-state index in [2.05, 4.69) is 10.6 Å². The van der Waals surface area contributed by atoms with Gasteiger partial charge in [0.15, 0.2) is 0 Å². The fourth-order valence-corrected chi connectivity index (χ4v) is 3.38. The van der Waals surface area contributed by atoms with Gasteiger partial charge in [-0.05, 0) is 37.6 Å². The zero-order valence-corrected chi connectivity index (χ0v) is 12.6. The predicted molar refractivity (Wildman–Crippen MR) is 81.6 cm³/mol. The van der Waals surface area contributed by atoms with Gasteiger partial charge in [-0.3, -0.25) is 0 Å². The van der Waals surface area contributed by atoms with Crippen LogP contribution in [0.15, 0.2) is 18.2 Å². The molecule has 1 aromatic rings. The minimum Gasteiger partial charge on any atom is -0.324 e. The Bertz CT molecular complexity index is 529. The summed E-state index contributed by atoms with van der Waals surface area (Å²) in [5, 5.41) is 7.29. The number of urea groups is 1. The van der Waals surface area contributed by atoms with Crippen LogP contribution >= 0.6 is 23.2 Å². The van der Waals surface area contributed by atoms with Gasteiger partial charge in [-0.1, -0.05) is 23.2 Å². The van der Waals surface area contributed by atoms with E-state index in [1.54, 1.807) is 18.2 Å². The molecule has 1 unspecified atom stereocenters. The maximum absolute atomic E-state index is 12.3. The molecule has 2 fully saturated rings. The molecule has 0 bridgehead atoms. The second-order valence-corrected chi connectivity index (χ2v) is 6.50. The van der Waals surface area contributed by atoms with Gasteiger partial charge in [0.2, 0.25) is 0 Å². The maximum atomic E-state index is 12.3. The molecular weight excluding hydrogens is 297 g/mol. The number of likely N-dealkylation sites (tertiary alicyclic amines) is 1. The summed E-state index contributed by atoms with van der Waals surface area (Å²) in [6.07, 6.45) is 2.21.